The van der Waals surface area contributed by atoms with Crippen molar-refractivity contribution in [2.24, 2.45) is 0 Å². The second-order valence-electron chi connectivity index (χ2n) is 13.5. The van der Waals surface area contributed by atoms with Crippen LogP contribution in [-0.2, 0) is 4.12 Å². The summed E-state index contributed by atoms with van der Waals surface area (Å²) in [5.41, 5.74) is 4.53. The number of hydrogen-bond donors (Lipinski definition) is 0. The van der Waals surface area contributed by atoms with E-state index in [2.05, 4.69) is 128 Å². The van der Waals surface area contributed by atoms with Crippen LogP contribution in [0.25, 0.3) is 0 Å². The lowest BCUT2D eigenvalue weighted by Crippen LogP contribution is -2.56. The molecule has 0 unspecified atom stereocenters. The van der Waals surface area contributed by atoms with Gasteiger partial charge in [0.05, 0.1) is 26.4 Å². The van der Waals surface area contributed by atoms with Gasteiger partial charge >= 0.3 is 0 Å². The van der Waals surface area contributed by atoms with Gasteiger partial charge in [-0.2, -0.15) is 0 Å². The molecule has 5 nitrogen and oxygen atoms in total. The summed E-state index contributed by atoms with van der Waals surface area (Å²) in [6, 6.07) is 26.5. The minimum atomic E-state index is -1.81. The third-order valence-electron chi connectivity index (χ3n) is 9.03. The highest BCUT2D eigenvalue weighted by Gasteiger charge is 2.31. The Balaban J connectivity index is 1.87. The van der Waals surface area contributed by atoms with E-state index in [1.807, 2.05) is 0 Å². The summed E-state index contributed by atoms with van der Waals surface area (Å²) in [7, 11) is -3.62. The van der Waals surface area contributed by atoms with E-state index in [-0.39, 0.29) is 0 Å². The molecule has 2 radical (unpaired) electrons. The lowest BCUT2D eigenvalue weighted by atomic mass is 10.2. The van der Waals surface area contributed by atoms with Crippen LogP contribution >= 0.6 is 0 Å². The molecule has 0 N–H and O–H groups in total. The second kappa shape index (κ2) is 21.1. The van der Waals surface area contributed by atoms with E-state index in [1.54, 1.807) is 0 Å². The third kappa shape index (κ3) is 11.7. The molecule has 0 atom stereocenters. The normalized spacial score (nSPS) is 11.3. The maximum absolute atomic E-state index is 7.66. The predicted octanol–water partition coefficient (Wildman–Crippen LogP) is 8.56. The van der Waals surface area contributed by atoms with E-state index in [1.165, 1.54) is 0 Å². The molecule has 0 aliphatic carbocycles. The van der Waals surface area contributed by atoms with Crippen molar-refractivity contribution in [3.05, 3.63) is 95.1 Å². The summed E-state index contributed by atoms with van der Waals surface area (Å²) in [6.45, 7) is 20.1. The Hall–Kier alpha value is -3.53. The molecule has 0 fully saturated rings. The van der Waals surface area contributed by atoms with Crippen LogP contribution in [0.4, 0.5) is 0 Å². The van der Waals surface area contributed by atoms with Crippen molar-refractivity contribution in [2.75, 3.05) is 26.4 Å². The summed E-state index contributed by atoms with van der Waals surface area (Å²) in [6.07, 6.45) is 8.45. The lowest BCUT2D eigenvalue weighted by molar-refractivity contribution is 0.307. The number of hydrogen-bond acceptors (Lipinski definition) is 5. The molecule has 0 heterocycles. The van der Waals surface area contributed by atoms with Crippen LogP contribution in [0.5, 0.6) is 23.0 Å². The van der Waals surface area contributed by atoms with Gasteiger partial charge in [-0.05, 0) is 121 Å². The van der Waals surface area contributed by atoms with Gasteiger partial charge in [-0.1, -0.05) is 102 Å². The van der Waals surface area contributed by atoms with Gasteiger partial charge in [0.2, 0.25) is 0 Å². The van der Waals surface area contributed by atoms with E-state index in [0.29, 0.717) is 26.4 Å². The Kier molecular flexibility index (Phi) is 16.7. The number of aryl methyl sites for hydroxylation is 4. The number of ether oxygens (including phenoxy) is 4. The fourth-order valence-corrected chi connectivity index (χ4v) is 10.9. The molecular formula is C44H60O5Si2. The van der Waals surface area contributed by atoms with Crippen molar-refractivity contribution in [2.45, 2.75) is 107 Å². The first-order valence-electron chi connectivity index (χ1n) is 19.2. The highest BCUT2D eigenvalue weighted by molar-refractivity contribution is 6.92. The van der Waals surface area contributed by atoms with Gasteiger partial charge in [-0.3, -0.25) is 0 Å². The monoisotopic (exact) mass is 724 g/mol. The van der Waals surface area contributed by atoms with Gasteiger partial charge in [0.1, 0.15) is 23.0 Å². The van der Waals surface area contributed by atoms with Crippen LogP contribution in [-0.4, -0.2) is 44.5 Å². The predicted molar refractivity (Wildman–Crippen MR) is 217 cm³/mol. The van der Waals surface area contributed by atoms with E-state index in [4.69, 9.17) is 23.1 Å². The van der Waals surface area contributed by atoms with Crippen LogP contribution in [0.2, 0.25) is 0 Å². The molecule has 0 aliphatic rings. The van der Waals surface area contributed by atoms with Crippen molar-refractivity contribution >= 4 is 38.8 Å². The minimum Gasteiger partial charge on any atom is -0.493 e. The summed E-state index contributed by atoms with van der Waals surface area (Å²) in [5, 5.41) is 4.61. The SMILES string of the molecule is CCCCOc1cc([Si](O[Si](c2ccc(C)c(OCCCC)c2)c2ccc(C)c(OCCCC)c2)c2ccc(C)c(OCCCC)c2)ccc1C. The van der Waals surface area contributed by atoms with Crippen molar-refractivity contribution in [1.82, 2.24) is 0 Å². The van der Waals surface area contributed by atoms with Crippen LogP contribution in [0.1, 0.15) is 101 Å². The number of benzene rings is 4. The third-order valence-corrected chi connectivity index (χ3v) is 14.0. The number of unbranched alkanes of at least 4 members (excludes halogenated alkanes) is 4. The lowest BCUT2D eigenvalue weighted by Gasteiger charge is -2.26. The van der Waals surface area contributed by atoms with Crippen molar-refractivity contribution in [3.63, 3.8) is 0 Å². The second-order valence-corrected chi connectivity index (χ2v) is 17.9. The van der Waals surface area contributed by atoms with Crippen molar-refractivity contribution in [3.8, 4) is 23.0 Å². The van der Waals surface area contributed by atoms with Crippen LogP contribution in [0.3, 0.4) is 0 Å². The largest absolute Gasteiger partial charge is 0.493 e. The molecule has 4 aromatic carbocycles. The van der Waals surface area contributed by atoms with Gasteiger partial charge in [-0.25, -0.2) is 0 Å². The Bertz CT molecular complexity index is 1420. The Morgan fingerprint density at radius 2 is 0.608 bits per heavy atom. The number of rotatable bonds is 22. The van der Waals surface area contributed by atoms with Gasteiger partial charge in [0, 0.05) is 0 Å². The van der Waals surface area contributed by atoms with Gasteiger partial charge in [-0.15, -0.1) is 0 Å². The van der Waals surface area contributed by atoms with E-state index >= 15 is 0 Å². The first-order valence-corrected chi connectivity index (χ1v) is 22.0. The molecule has 0 bridgehead atoms. The quantitative estimate of drug-likeness (QED) is 0.0601. The molecule has 0 aromatic heterocycles. The van der Waals surface area contributed by atoms with Crippen molar-refractivity contribution < 1.29 is 23.1 Å². The summed E-state index contributed by atoms with van der Waals surface area (Å²) >= 11 is 0. The fraction of sp³-hybridized carbons (Fsp3) is 0.455. The Morgan fingerprint density at radius 1 is 0.373 bits per heavy atom. The zero-order valence-corrected chi connectivity index (χ0v) is 34.5. The van der Waals surface area contributed by atoms with Crippen LogP contribution in [0.15, 0.2) is 72.8 Å². The molecule has 4 aromatic rings. The minimum absolute atomic E-state index is 0.701. The highest BCUT2D eigenvalue weighted by atomic mass is 28.4. The fourth-order valence-electron chi connectivity index (χ4n) is 5.56. The molecule has 0 saturated carbocycles. The smallest absolute Gasteiger partial charge is 0.272 e. The molecular weight excluding hydrogens is 665 g/mol. The van der Waals surface area contributed by atoms with Gasteiger partial charge < -0.3 is 23.1 Å². The Morgan fingerprint density at radius 3 is 0.824 bits per heavy atom. The van der Waals surface area contributed by atoms with E-state index < -0.39 is 18.1 Å². The maximum Gasteiger partial charge on any atom is 0.272 e. The molecule has 51 heavy (non-hydrogen) atoms. The van der Waals surface area contributed by atoms with Crippen LogP contribution < -0.4 is 39.7 Å². The molecule has 274 valence electrons. The van der Waals surface area contributed by atoms with Gasteiger partial charge in [0.25, 0.3) is 18.1 Å². The van der Waals surface area contributed by atoms with Crippen molar-refractivity contribution in [1.29, 1.82) is 0 Å². The van der Waals surface area contributed by atoms with Crippen LogP contribution in [0, 0.1) is 27.7 Å². The molecule has 4 rings (SSSR count). The van der Waals surface area contributed by atoms with E-state index in [9.17, 15) is 0 Å². The van der Waals surface area contributed by atoms with Gasteiger partial charge in [0.15, 0.2) is 0 Å². The topological polar surface area (TPSA) is 46.2 Å². The summed E-state index contributed by atoms with van der Waals surface area (Å²) in [4.78, 5) is 0. The summed E-state index contributed by atoms with van der Waals surface area (Å²) in [5.74, 6) is 3.71. The zero-order chi connectivity index (χ0) is 36.6. The molecule has 7 heteroatoms. The molecule has 0 amide bonds. The molecule has 0 saturated heterocycles. The first-order chi connectivity index (χ1) is 24.8. The zero-order valence-electron chi connectivity index (χ0n) is 32.5. The first kappa shape index (κ1) is 40.2. The summed E-state index contributed by atoms with van der Waals surface area (Å²) < 4.78 is 33.1. The highest BCUT2D eigenvalue weighted by Crippen LogP contribution is 2.22. The standard InChI is InChI=1S/C44H60O5Si2/c1-9-13-25-45-41-29-37(21-17-33(41)5)50(38-22-18-34(6)42(30-38)46-26-14-10-2)49-51(39-23-19-35(7)43(31-39)47-27-15-11-3)40-24-20-36(8)44(32-40)48-28-16-12-4/h17-24,29-32H,9-16,25-28H2,1-8H3. The average molecular weight is 725 g/mol. The molecule has 0 aliphatic heterocycles. The molecule has 0 spiro atoms. The maximum atomic E-state index is 7.66. The average Bonchev–Trinajstić information content (AvgIpc) is 3.13. The Labute approximate surface area is 312 Å². The van der Waals surface area contributed by atoms with E-state index in [0.717, 1.165) is 117 Å².